The van der Waals surface area contributed by atoms with Gasteiger partial charge in [-0.05, 0) is 39.0 Å². The van der Waals surface area contributed by atoms with Gasteiger partial charge in [0, 0.05) is 31.9 Å². The van der Waals surface area contributed by atoms with Crippen molar-refractivity contribution in [3.8, 4) is 0 Å². The van der Waals surface area contributed by atoms with Crippen LogP contribution in [0.4, 0.5) is 15.3 Å². The molecule has 1 rings (SSSR count). The fourth-order valence-electron chi connectivity index (χ4n) is 1.74. The van der Waals surface area contributed by atoms with Gasteiger partial charge in [-0.25, -0.2) is 9.59 Å². The van der Waals surface area contributed by atoms with Gasteiger partial charge in [0.05, 0.1) is 10.7 Å². The molecule has 0 bridgehead atoms. The minimum absolute atomic E-state index is 0.0580. The number of carboxylic acid groups (broad SMARTS) is 1. The number of carbonyl (C=O) groups excluding carboxylic acids is 2. The number of rotatable bonds is 4. The number of benzene rings is 1. The number of carbonyl (C=O) groups is 3. The summed E-state index contributed by atoms with van der Waals surface area (Å²) in [5, 5.41) is 9.27. The van der Waals surface area contributed by atoms with Crippen molar-refractivity contribution in [1.82, 2.24) is 4.90 Å². The molecule has 0 aromatic heterocycles. The van der Waals surface area contributed by atoms with E-state index in [0.29, 0.717) is 4.90 Å². The number of halogens is 1. The van der Waals surface area contributed by atoms with Gasteiger partial charge in [-0.15, -0.1) is 0 Å². The summed E-state index contributed by atoms with van der Waals surface area (Å²) in [4.78, 5) is 37.7. The van der Waals surface area contributed by atoms with Crippen LogP contribution in [0.15, 0.2) is 30.5 Å². The van der Waals surface area contributed by atoms with E-state index in [4.69, 9.17) is 16.3 Å². The van der Waals surface area contributed by atoms with Gasteiger partial charge in [0.1, 0.15) is 5.60 Å². The zero-order valence-electron chi connectivity index (χ0n) is 14.7. The Labute approximate surface area is 151 Å². The Bertz CT molecular complexity index is 707. The number of hydrogen-bond donors (Lipinski definition) is 1. The number of allylic oxidation sites excluding steroid dienone is 1. The van der Waals surface area contributed by atoms with E-state index in [1.807, 2.05) is 0 Å². The summed E-state index contributed by atoms with van der Waals surface area (Å²) in [7, 11) is 3.54. The Kier molecular flexibility index (Phi) is 6.58. The first kappa shape index (κ1) is 20.5. The number of nitrogens with zero attached hydrogens (tertiary/aromatic N) is 2. The Balaban J connectivity index is 3.17. The minimum Gasteiger partial charge on any atom is -0.464 e. The maximum atomic E-state index is 12.1. The molecule has 0 saturated heterocycles. The first-order valence-corrected chi connectivity index (χ1v) is 7.74. The molecule has 2 amide bonds. The summed E-state index contributed by atoms with van der Waals surface area (Å²) in [5.74, 6) is -0.304. The van der Waals surface area contributed by atoms with Crippen LogP contribution >= 0.6 is 11.6 Å². The lowest BCUT2D eigenvalue weighted by Crippen LogP contribution is -2.40. The third-order valence-corrected chi connectivity index (χ3v) is 3.07. The van der Waals surface area contributed by atoms with Crippen molar-refractivity contribution in [3.63, 3.8) is 0 Å². The first-order chi connectivity index (χ1) is 11.4. The van der Waals surface area contributed by atoms with Gasteiger partial charge in [-0.2, -0.15) is 4.90 Å². The van der Waals surface area contributed by atoms with Gasteiger partial charge in [-0.3, -0.25) is 4.79 Å². The number of ether oxygens (including phenoxy) is 1. The van der Waals surface area contributed by atoms with E-state index in [9.17, 15) is 19.5 Å². The van der Waals surface area contributed by atoms with Crippen LogP contribution in [0.5, 0.6) is 0 Å². The minimum atomic E-state index is -1.54. The van der Waals surface area contributed by atoms with Crippen molar-refractivity contribution >= 4 is 35.3 Å². The van der Waals surface area contributed by atoms with Crippen LogP contribution in [0.1, 0.15) is 31.1 Å². The lowest BCUT2D eigenvalue weighted by atomic mass is 10.1. The van der Waals surface area contributed by atoms with E-state index >= 15 is 0 Å². The molecule has 0 aliphatic heterocycles. The molecule has 0 saturated carbocycles. The van der Waals surface area contributed by atoms with Crippen molar-refractivity contribution in [1.29, 1.82) is 0 Å². The molecular formula is C17H21ClN2O5. The predicted molar refractivity (Wildman–Crippen MR) is 95.3 cm³/mol. The zero-order valence-corrected chi connectivity index (χ0v) is 15.5. The molecule has 1 aromatic carbocycles. The molecule has 0 fully saturated rings. The second kappa shape index (κ2) is 8.02. The molecule has 8 heteroatoms. The highest BCUT2D eigenvalue weighted by Crippen LogP contribution is 2.29. The van der Waals surface area contributed by atoms with Crippen molar-refractivity contribution in [2.45, 2.75) is 26.4 Å². The summed E-state index contributed by atoms with van der Waals surface area (Å²) in [6.45, 7) is 4.85. The van der Waals surface area contributed by atoms with Crippen molar-refractivity contribution in [2.75, 3.05) is 19.0 Å². The summed E-state index contributed by atoms with van der Waals surface area (Å²) in [6.07, 6.45) is 0.318. The van der Waals surface area contributed by atoms with Crippen LogP contribution in [0.2, 0.25) is 5.02 Å². The lowest BCUT2D eigenvalue weighted by Gasteiger charge is -2.25. The van der Waals surface area contributed by atoms with Gasteiger partial charge < -0.3 is 14.7 Å². The summed E-state index contributed by atoms with van der Waals surface area (Å²) >= 11 is 6.09. The highest BCUT2D eigenvalue weighted by atomic mass is 35.5. The Hall–Kier alpha value is -2.54. The van der Waals surface area contributed by atoms with Gasteiger partial charge in [-0.1, -0.05) is 11.6 Å². The largest absolute Gasteiger partial charge is 0.464 e. The number of hydrogen-bond acceptors (Lipinski definition) is 5. The summed E-state index contributed by atoms with van der Waals surface area (Å²) in [5.41, 5.74) is -0.692. The van der Waals surface area contributed by atoms with Gasteiger partial charge >= 0.3 is 12.2 Å². The molecular weight excluding hydrogens is 348 g/mol. The molecule has 0 spiro atoms. The highest BCUT2D eigenvalue weighted by molar-refractivity contribution is 6.35. The topological polar surface area (TPSA) is 87.2 Å². The molecule has 0 aliphatic rings. The molecule has 7 nitrogen and oxygen atoms in total. The Morgan fingerprint density at radius 2 is 1.80 bits per heavy atom. The quantitative estimate of drug-likeness (QED) is 0.638. The maximum absolute atomic E-state index is 12.1. The van der Waals surface area contributed by atoms with Crippen LogP contribution in [0, 0.1) is 0 Å². The lowest BCUT2D eigenvalue weighted by molar-refractivity contribution is 0.0582. The van der Waals surface area contributed by atoms with E-state index < -0.39 is 17.8 Å². The number of ketones is 1. The van der Waals surface area contributed by atoms with Crippen molar-refractivity contribution < 1.29 is 24.2 Å². The van der Waals surface area contributed by atoms with Crippen LogP contribution in [0.25, 0.3) is 0 Å². The van der Waals surface area contributed by atoms with E-state index in [2.05, 4.69) is 0 Å². The predicted octanol–water partition coefficient (Wildman–Crippen LogP) is 4.02. The smallest absolute Gasteiger partial charge is 0.424 e. The van der Waals surface area contributed by atoms with E-state index in [0.717, 1.165) is 0 Å². The van der Waals surface area contributed by atoms with E-state index in [1.165, 1.54) is 24.3 Å². The summed E-state index contributed by atoms with van der Waals surface area (Å²) in [6, 6.07) is 3.99. The first-order valence-electron chi connectivity index (χ1n) is 7.37. The number of amides is 2. The average molecular weight is 369 g/mol. The third kappa shape index (κ3) is 6.11. The summed E-state index contributed by atoms with van der Waals surface area (Å²) < 4.78 is 5.08. The number of anilines is 1. The fraction of sp³-hybridized carbons (Fsp3) is 0.353. The normalized spacial score (nSPS) is 11.3. The van der Waals surface area contributed by atoms with E-state index in [1.54, 1.807) is 46.0 Å². The zero-order chi connectivity index (χ0) is 19.4. The molecule has 136 valence electrons. The third-order valence-electron chi connectivity index (χ3n) is 2.76. The van der Waals surface area contributed by atoms with Crippen LogP contribution in [-0.2, 0) is 4.74 Å². The molecule has 0 radical (unpaired) electrons. The second-order valence-electron chi connectivity index (χ2n) is 6.41. The highest BCUT2D eigenvalue weighted by Gasteiger charge is 2.30. The van der Waals surface area contributed by atoms with Gasteiger partial charge in [0.2, 0.25) is 0 Å². The Morgan fingerprint density at radius 1 is 1.20 bits per heavy atom. The molecule has 0 atom stereocenters. The van der Waals surface area contributed by atoms with Gasteiger partial charge in [0.25, 0.3) is 0 Å². The van der Waals surface area contributed by atoms with E-state index in [-0.39, 0.29) is 22.1 Å². The SMILES string of the molecule is CN(C)/C=C/C(=O)c1ccc(N(C(=O)O)C(=O)OC(C)(C)C)c(Cl)c1. The molecule has 25 heavy (non-hydrogen) atoms. The van der Waals surface area contributed by atoms with Crippen molar-refractivity contribution in [2.24, 2.45) is 0 Å². The molecule has 1 aromatic rings. The molecule has 0 aliphatic carbocycles. The maximum Gasteiger partial charge on any atom is 0.424 e. The van der Waals surface area contributed by atoms with Crippen LogP contribution in [-0.4, -0.2) is 47.7 Å². The van der Waals surface area contributed by atoms with Crippen LogP contribution in [0.3, 0.4) is 0 Å². The monoisotopic (exact) mass is 368 g/mol. The van der Waals surface area contributed by atoms with Crippen LogP contribution < -0.4 is 4.90 Å². The molecule has 0 heterocycles. The average Bonchev–Trinajstić information content (AvgIpc) is 2.44. The Morgan fingerprint density at radius 3 is 2.24 bits per heavy atom. The number of imide groups is 1. The van der Waals surface area contributed by atoms with Crippen molar-refractivity contribution in [3.05, 3.63) is 41.1 Å². The molecule has 1 N–H and O–H groups in total. The fourth-order valence-corrected chi connectivity index (χ4v) is 2.01. The van der Waals surface area contributed by atoms with Gasteiger partial charge in [0.15, 0.2) is 5.78 Å². The second-order valence-corrected chi connectivity index (χ2v) is 6.82. The molecule has 0 unspecified atom stereocenters. The standard InChI is InChI=1S/C17H21ClN2O5/c1-17(2,3)25-16(24)20(15(22)23)13-7-6-11(10-12(13)18)14(21)8-9-19(4)5/h6-10H,1-5H3,(H,22,23)/b9-8+.